The Kier molecular flexibility index (Phi) is 5.28. The van der Waals surface area contributed by atoms with E-state index in [-0.39, 0.29) is 11.3 Å². The van der Waals surface area contributed by atoms with E-state index in [9.17, 15) is 13.2 Å². The van der Waals surface area contributed by atoms with Crippen LogP contribution in [0.25, 0.3) is 0 Å². The van der Waals surface area contributed by atoms with Gasteiger partial charge < -0.3 is 4.74 Å². The number of carbonyl (C=O) groups excluding carboxylic acids is 1. The number of hydrogen-bond acceptors (Lipinski definition) is 5. The third kappa shape index (κ3) is 3.91. The lowest BCUT2D eigenvalue weighted by Crippen LogP contribution is -2.45. The number of methoxy groups -OCH3 is 1. The molecule has 0 unspecified atom stereocenters. The Morgan fingerprint density at radius 3 is 2.37 bits per heavy atom. The molecule has 106 valence electrons. The quantitative estimate of drug-likeness (QED) is 0.514. The summed E-state index contributed by atoms with van der Waals surface area (Å²) >= 11 is 0. The third-order valence-electron chi connectivity index (χ3n) is 2.50. The maximum atomic E-state index is 12.0. The summed E-state index contributed by atoms with van der Waals surface area (Å²) < 4.78 is 31.2. The lowest BCUT2D eigenvalue weighted by Gasteiger charge is -2.15. The molecule has 3 N–H and O–H groups in total. The van der Waals surface area contributed by atoms with Crippen LogP contribution in [0.1, 0.15) is 13.3 Å². The second-order valence-corrected chi connectivity index (χ2v) is 5.45. The van der Waals surface area contributed by atoms with E-state index in [1.54, 1.807) is 6.92 Å². The van der Waals surface area contributed by atoms with Gasteiger partial charge in [-0.2, -0.15) is 4.72 Å². The highest BCUT2D eigenvalue weighted by molar-refractivity contribution is 7.89. The zero-order chi connectivity index (χ0) is 14.5. The minimum Gasteiger partial charge on any atom is -0.497 e. The van der Waals surface area contributed by atoms with Gasteiger partial charge in [0.05, 0.1) is 12.0 Å². The fourth-order valence-electron chi connectivity index (χ4n) is 1.41. The van der Waals surface area contributed by atoms with Crippen molar-refractivity contribution in [2.24, 2.45) is 0 Å². The van der Waals surface area contributed by atoms with Gasteiger partial charge in [-0.1, -0.05) is 6.92 Å². The van der Waals surface area contributed by atoms with Crippen LogP contribution in [0.15, 0.2) is 29.2 Å². The minimum absolute atomic E-state index is 0.0116. The summed E-state index contributed by atoms with van der Waals surface area (Å²) in [6, 6.07) is 4.70. The summed E-state index contributed by atoms with van der Waals surface area (Å²) in [6.45, 7) is 1.62. The van der Waals surface area contributed by atoms with Crippen molar-refractivity contribution >= 4 is 15.9 Å². The van der Waals surface area contributed by atoms with Crippen molar-refractivity contribution in [3.63, 3.8) is 0 Å². The van der Waals surface area contributed by atoms with Crippen LogP contribution in [0, 0.1) is 0 Å². The molecule has 1 atom stereocenters. The number of carbonyl (C=O) groups is 1. The highest BCUT2D eigenvalue weighted by Crippen LogP contribution is 2.15. The van der Waals surface area contributed by atoms with E-state index in [1.807, 2.05) is 0 Å². The van der Waals surface area contributed by atoms with Gasteiger partial charge in [0.15, 0.2) is 0 Å². The first kappa shape index (κ1) is 15.4. The largest absolute Gasteiger partial charge is 0.497 e. The van der Waals surface area contributed by atoms with Gasteiger partial charge in [-0.05, 0) is 30.7 Å². The summed E-state index contributed by atoms with van der Waals surface area (Å²) in [6.07, 6.45) is 0.210. The summed E-state index contributed by atoms with van der Waals surface area (Å²) in [5.74, 6) is -0.279. The highest BCUT2D eigenvalue weighted by Gasteiger charge is 2.23. The Balaban J connectivity index is 2.93. The molecule has 0 heterocycles. The normalized spacial score (nSPS) is 12.8. The van der Waals surface area contributed by atoms with Crippen molar-refractivity contribution in [1.29, 1.82) is 0 Å². The monoisotopic (exact) mass is 288 g/mol. The molecule has 0 fully saturated rings. The number of amides is 1. The summed E-state index contributed by atoms with van der Waals surface area (Å²) in [5.41, 5.74) is 1.42. The van der Waals surface area contributed by atoms with Gasteiger partial charge in [0.2, 0.25) is 10.0 Å². The fourth-order valence-corrected chi connectivity index (χ4v) is 2.69. The number of hydroxylamine groups is 1. The van der Waals surface area contributed by atoms with Crippen molar-refractivity contribution < 1.29 is 23.2 Å². The minimum atomic E-state index is -3.83. The lowest BCUT2D eigenvalue weighted by molar-refractivity contribution is -0.131. The summed E-state index contributed by atoms with van der Waals surface area (Å²) in [4.78, 5) is 11.3. The summed E-state index contributed by atoms with van der Waals surface area (Å²) in [7, 11) is -2.36. The molecule has 1 amide bonds. The van der Waals surface area contributed by atoms with Gasteiger partial charge in [0.25, 0.3) is 5.91 Å². The molecule has 19 heavy (non-hydrogen) atoms. The molecule has 0 aliphatic heterocycles. The van der Waals surface area contributed by atoms with Crippen LogP contribution in [-0.2, 0) is 14.8 Å². The number of hydrogen-bond donors (Lipinski definition) is 3. The van der Waals surface area contributed by atoms with Crippen LogP contribution >= 0.6 is 0 Å². The van der Waals surface area contributed by atoms with Crippen LogP contribution < -0.4 is 14.9 Å². The van der Waals surface area contributed by atoms with Crippen molar-refractivity contribution in [2.75, 3.05) is 7.11 Å². The zero-order valence-electron chi connectivity index (χ0n) is 10.6. The maximum Gasteiger partial charge on any atom is 0.261 e. The van der Waals surface area contributed by atoms with Crippen LogP contribution in [0.2, 0.25) is 0 Å². The first-order valence-electron chi connectivity index (χ1n) is 5.55. The average Bonchev–Trinajstić information content (AvgIpc) is 2.44. The first-order chi connectivity index (χ1) is 8.94. The van der Waals surface area contributed by atoms with E-state index in [0.717, 1.165) is 0 Å². The van der Waals surface area contributed by atoms with Gasteiger partial charge >= 0.3 is 0 Å². The molecule has 0 aliphatic rings. The number of benzene rings is 1. The SMILES string of the molecule is CC[C@@H](NS(=O)(=O)c1ccc(OC)cc1)C(=O)NO. The molecule has 1 aromatic rings. The molecule has 7 nitrogen and oxygen atoms in total. The van der Waals surface area contributed by atoms with E-state index in [1.165, 1.54) is 36.9 Å². The lowest BCUT2D eigenvalue weighted by atomic mass is 10.2. The molecule has 1 rings (SSSR count). The van der Waals surface area contributed by atoms with Gasteiger partial charge in [0.1, 0.15) is 11.8 Å². The van der Waals surface area contributed by atoms with E-state index in [2.05, 4.69) is 4.72 Å². The molecule has 0 spiro atoms. The Labute approximate surface area is 111 Å². The molecular weight excluding hydrogens is 272 g/mol. The second kappa shape index (κ2) is 6.50. The Bertz CT molecular complexity index is 527. The molecule has 0 radical (unpaired) electrons. The van der Waals surface area contributed by atoms with Crippen LogP contribution in [0.4, 0.5) is 0 Å². The highest BCUT2D eigenvalue weighted by atomic mass is 32.2. The van der Waals surface area contributed by atoms with Crippen molar-refractivity contribution in [3.05, 3.63) is 24.3 Å². The van der Waals surface area contributed by atoms with Crippen LogP contribution in [0.3, 0.4) is 0 Å². The first-order valence-corrected chi connectivity index (χ1v) is 7.03. The van der Waals surface area contributed by atoms with Gasteiger partial charge in [-0.15, -0.1) is 0 Å². The topological polar surface area (TPSA) is 105 Å². The molecule has 0 aromatic heterocycles. The van der Waals surface area contributed by atoms with Crippen molar-refractivity contribution in [1.82, 2.24) is 10.2 Å². The summed E-state index contributed by atoms with van der Waals surface area (Å²) in [5, 5.41) is 8.52. The molecule has 0 aliphatic carbocycles. The van der Waals surface area contributed by atoms with Gasteiger partial charge in [-0.25, -0.2) is 13.9 Å². The standard InChI is InChI=1S/C11H16N2O5S/c1-3-10(11(14)12-15)13-19(16,17)9-6-4-8(18-2)5-7-9/h4-7,10,13,15H,3H2,1-2H3,(H,12,14)/t10-/m1/s1. The second-order valence-electron chi connectivity index (χ2n) is 3.73. The number of nitrogens with one attached hydrogen (secondary N) is 2. The molecule has 0 saturated heterocycles. The van der Waals surface area contributed by atoms with Gasteiger partial charge in [0, 0.05) is 0 Å². The Hall–Kier alpha value is -1.64. The van der Waals surface area contributed by atoms with Crippen LogP contribution in [-0.4, -0.2) is 32.7 Å². The third-order valence-corrected chi connectivity index (χ3v) is 3.99. The Morgan fingerprint density at radius 1 is 1.37 bits per heavy atom. The maximum absolute atomic E-state index is 12.0. The van der Waals surface area contributed by atoms with E-state index in [0.29, 0.717) is 5.75 Å². The van der Waals surface area contributed by atoms with Gasteiger partial charge in [-0.3, -0.25) is 10.0 Å². The van der Waals surface area contributed by atoms with E-state index >= 15 is 0 Å². The molecule has 0 bridgehead atoms. The van der Waals surface area contributed by atoms with Crippen molar-refractivity contribution in [2.45, 2.75) is 24.3 Å². The Morgan fingerprint density at radius 2 is 1.95 bits per heavy atom. The number of sulfonamides is 1. The number of ether oxygens (including phenoxy) is 1. The smallest absolute Gasteiger partial charge is 0.261 e. The predicted molar refractivity (Wildman–Crippen MR) is 67.3 cm³/mol. The predicted octanol–water partition coefficient (Wildman–Crippen LogP) is 0.258. The average molecular weight is 288 g/mol. The molecule has 1 aromatic carbocycles. The van der Waals surface area contributed by atoms with Crippen LogP contribution in [0.5, 0.6) is 5.75 Å². The fraction of sp³-hybridized carbons (Fsp3) is 0.364. The van der Waals surface area contributed by atoms with E-state index < -0.39 is 22.0 Å². The number of rotatable bonds is 6. The molecule has 8 heteroatoms. The zero-order valence-corrected chi connectivity index (χ0v) is 11.4. The van der Waals surface area contributed by atoms with E-state index in [4.69, 9.17) is 9.94 Å². The molecular formula is C11H16N2O5S. The van der Waals surface area contributed by atoms with Crippen molar-refractivity contribution in [3.8, 4) is 5.75 Å². The molecule has 0 saturated carbocycles.